The number of nitrogens with zero attached hydrogens (tertiary/aromatic N) is 1. The molecule has 1 aromatic heterocycles. The molecule has 0 spiro atoms. The Hall–Kier alpha value is -1.74. The fourth-order valence-corrected chi connectivity index (χ4v) is 2.92. The third-order valence-corrected chi connectivity index (χ3v) is 3.99. The lowest BCUT2D eigenvalue weighted by atomic mass is 9.79. The number of aliphatic hydroxyl groups is 1. The summed E-state index contributed by atoms with van der Waals surface area (Å²) >= 11 is 0. The molecule has 1 aliphatic carbocycles. The lowest BCUT2D eigenvalue weighted by Gasteiger charge is -2.30. The molecule has 0 bridgehead atoms. The van der Waals surface area contributed by atoms with Crippen LogP contribution in [-0.2, 0) is 0 Å². The Balaban J connectivity index is 2.06. The topological polar surface area (TPSA) is 50.2 Å². The zero-order valence-electron chi connectivity index (χ0n) is 10.8. The van der Waals surface area contributed by atoms with Crippen LogP contribution in [-0.4, -0.2) is 21.5 Å². The standard InChI is InChI=1S/C16H17NO2/c18-15(16(19)9-2-1-3-10-16)13-6-4-8-14-12(13)7-5-11-17-14/h4-8,11,19H,1-3,9-10H2. The van der Waals surface area contributed by atoms with E-state index in [1.165, 1.54) is 0 Å². The van der Waals surface area contributed by atoms with Gasteiger partial charge in [-0.15, -0.1) is 0 Å². The van der Waals surface area contributed by atoms with Crippen molar-refractivity contribution in [2.24, 2.45) is 0 Å². The number of carbonyl (C=O) groups excluding carboxylic acids is 1. The van der Waals surface area contributed by atoms with Gasteiger partial charge in [0, 0.05) is 17.1 Å². The van der Waals surface area contributed by atoms with E-state index in [1.807, 2.05) is 24.3 Å². The smallest absolute Gasteiger partial charge is 0.195 e. The third-order valence-electron chi connectivity index (χ3n) is 3.99. The summed E-state index contributed by atoms with van der Waals surface area (Å²) in [6.45, 7) is 0. The van der Waals surface area contributed by atoms with E-state index >= 15 is 0 Å². The molecular weight excluding hydrogens is 238 g/mol. The first-order valence-electron chi connectivity index (χ1n) is 6.82. The molecule has 1 fully saturated rings. The maximum atomic E-state index is 12.7. The Morgan fingerprint density at radius 2 is 1.89 bits per heavy atom. The average Bonchev–Trinajstić information content (AvgIpc) is 2.47. The van der Waals surface area contributed by atoms with E-state index in [0.29, 0.717) is 18.4 Å². The molecule has 1 heterocycles. The zero-order valence-corrected chi connectivity index (χ0v) is 10.8. The van der Waals surface area contributed by atoms with Crippen molar-refractivity contribution < 1.29 is 9.90 Å². The van der Waals surface area contributed by atoms with Gasteiger partial charge in [0.15, 0.2) is 5.78 Å². The first kappa shape index (κ1) is 12.3. The first-order valence-corrected chi connectivity index (χ1v) is 6.82. The van der Waals surface area contributed by atoms with Crippen LogP contribution in [0.25, 0.3) is 10.9 Å². The van der Waals surface area contributed by atoms with E-state index in [1.54, 1.807) is 12.3 Å². The van der Waals surface area contributed by atoms with Crippen LogP contribution >= 0.6 is 0 Å². The molecule has 0 aliphatic heterocycles. The van der Waals surface area contributed by atoms with Gasteiger partial charge in [-0.2, -0.15) is 0 Å². The van der Waals surface area contributed by atoms with Crippen molar-refractivity contribution >= 4 is 16.7 Å². The summed E-state index contributed by atoms with van der Waals surface area (Å²) in [7, 11) is 0. The number of Topliss-reactive ketones (excluding diaryl/α,β-unsaturated/α-hetero) is 1. The lowest BCUT2D eigenvalue weighted by molar-refractivity contribution is 0.0118. The molecule has 3 rings (SSSR count). The van der Waals surface area contributed by atoms with Crippen LogP contribution in [0.15, 0.2) is 36.5 Å². The van der Waals surface area contributed by atoms with Gasteiger partial charge in [0.1, 0.15) is 5.60 Å². The van der Waals surface area contributed by atoms with Gasteiger partial charge < -0.3 is 5.11 Å². The van der Waals surface area contributed by atoms with Gasteiger partial charge in [0.25, 0.3) is 0 Å². The van der Waals surface area contributed by atoms with Crippen molar-refractivity contribution in [1.82, 2.24) is 4.98 Å². The van der Waals surface area contributed by atoms with Crippen molar-refractivity contribution in [2.45, 2.75) is 37.7 Å². The first-order chi connectivity index (χ1) is 9.21. The number of rotatable bonds is 2. The van der Waals surface area contributed by atoms with Crippen LogP contribution in [0.2, 0.25) is 0 Å². The third kappa shape index (κ3) is 2.15. The van der Waals surface area contributed by atoms with Crippen LogP contribution in [0.4, 0.5) is 0 Å². The monoisotopic (exact) mass is 255 g/mol. The summed E-state index contributed by atoms with van der Waals surface area (Å²) in [5.74, 6) is -0.147. The fourth-order valence-electron chi connectivity index (χ4n) is 2.92. The normalized spacial score (nSPS) is 18.4. The second kappa shape index (κ2) is 4.74. The van der Waals surface area contributed by atoms with Crippen molar-refractivity contribution in [2.75, 3.05) is 0 Å². The molecule has 98 valence electrons. The van der Waals surface area contributed by atoms with Gasteiger partial charge in [0.2, 0.25) is 0 Å². The molecular formula is C16H17NO2. The highest BCUT2D eigenvalue weighted by Gasteiger charge is 2.38. The van der Waals surface area contributed by atoms with Crippen molar-refractivity contribution in [3.05, 3.63) is 42.1 Å². The molecule has 0 unspecified atom stereocenters. The Labute approximate surface area is 112 Å². The summed E-state index contributed by atoms with van der Waals surface area (Å²) in [6.07, 6.45) is 5.81. The van der Waals surface area contributed by atoms with Crippen molar-refractivity contribution in [1.29, 1.82) is 0 Å². The van der Waals surface area contributed by atoms with Crippen LogP contribution in [0.3, 0.4) is 0 Å². The quantitative estimate of drug-likeness (QED) is 0.839. The SMILES string of the molecule is O=C(c1cccc2ncccc12)C1(O)CCCCC1. The number of hydrogen-bond donors (Lipinski definition) is 1. The van der Waals surface area contributed by atoms with Gasteiger partial charge in [-0.3, -0.25) is 9.78 Å². The zero-order chi connectivity index (χ0) is 13.3. The molecule has 0 radical (unpaired) electrons. The highest BCUT2D eigenvalue weighted by molar-refractivity contribution is 6.11. The van der Waals surface area contributed by atoms with Gasteiger partial charge in [-0.1, -0.05) is 37.5 Å². The minimum atomic E-state index is -1.18. The number of hydrogen-bond acceptors (Lipinski definition) is 3. The predicted molar refractivity (Wildman–Crippen MR) is 74.1 cm³/mol. The van der Waals surface area contributed by atoms with Gasteiger partial charge in [-0.05, 0) is 25.0 Å². The van der Waals surface area contributed by atoms with E-state index < -0.39 is 5.60 Å². The molecule has 1 aromatic carbocycles. The molecule has 3 nitrogen and oxygen atoms in total. The second-order valence-electron chi connectivity index (χ2n) is 5.30. The highest BCUT2D eigenvalue weighted by Crippen LogP contribution is 2.32. The maximum absolute atomic E-state index is 12.7. The summed E-state index contributed by atoms with van der Waals surface area (Å²) in [6, 6.07) is 9.22. The van der Waals surface area contributed by atoms with E-state index in [0.717, 1.165) is 30.2 Å². The van der Waals surface area contributed by atoms with Gasteiger partial charge >= 0.3 is 0 Å². The number of pyridine rings is 1. The Kier molecular flexibility index (Phi) is 3.07. The molecule has 0 atom stereocenters. The van der Waals surface area contributed by atoms with Gasteiger partial charge in [-0.25, -0.2) is 0 Å². The molecule has 2 aromatic rings. The largest absolute Gasteiger partial charge is 0.382 e. The number of benzene rings is 1. The number of ketones is 1. The van der Waals surface area contributed by atoms with Crippen molar-refractivity contribution in [3.8, 4) is 0 Å². The summed E-state index contributed by atoms with van der Waals surface area (Å²) < 4.78 is 0. The minimum absolute atomic E-state index is 0.147. The lowest BCUT2D eigenvalue weighted by Crippen LogP contribution is -2.40. The molecule has 3 heteroatoms. The number of fused-ring (bicyclic) bond motifs is 1. The second-order valence-corrected chi connectivity index (χ2v) is 5.30. The highest BCUT2D eigenvalue weighted by atomic mass is 16.3. The van der Waals surface area contributed by atoms with Crippen LogP contribution in [0, 0.1) is 0 Å². The Bertz CT molecular complexity index is 610. The molecule has 0 amide bonds. The average molecular weight is 255 g/mol. The van der Waals surface area contributed by atoms with Crippen molar-refractivity contribution in [3.63, 3.8) is 0 Å². The summed E-state index contributed by atoms with van der Waals surface area (Å²) in [5, 5.41) is 11.4. The van der Waals surface area contributed by atoms with E-state index in [9.17, 15) is 9.90 Å². The fraction of sp³-hybridized carbons (Fsp3) is 0.375. The molecule has 1 N–H and O–H groups in total. The molecule has 1 aliphatic rings. The Morgan fingerprint density at radius 3 is 2.68 bits per heavy atom. The molecule has 19 heavy (non-hydrogen) atoms. The van der Waals surface area contributed by atoms with Crippen LogP contribution in [0.5, 0.6) is 0 Å². The summed E-state index contributed by atoms with van der Waals surface area (Å²) in [5.41, 5.74) is 0.213. The minimum Gasteiger partial charge on any atom is -0.382 e. The summed E-state index contributed by atoms with van der Waals surface area (Å²) in [4.78, 5) is 16.9. The maximum Gasteiger partial charge on any atom is 0.195 e. The van der Waals surface area contributed by atoms with Gasteiger partial charge in [0.05, 0.1) is 5.52 Å². The molecule has 0 saturated heterocycles. The van der Waals surface area contributed by atoms with E-state index in [4.69, 9.17) is 0 Å². The van der Waals surface area contributed by atoms with Crippen LogP contribution in [0.1, 0.15) is 42.5 Å². The van der Waals surface area contributed by atoms with E-state index in [-0.39, 0.29) is 5.78 Å². The number of carbonyl (C=O) groups is 1. The predicted octanol–water partition coefficient (Wildman–Crippen LogP) is 3.11. The molecule has 1 saturated carbocycles. The van der Waals surface area contributed by atoms with Crippen LogP contribution < -0.4 is 0 Å². The number of aromatic nitrogens is 1. The Morgan fingerprint density at radius 1 is 1.11 bits per heavy atom. The van der Waals surface area contributed by atoms with E-state index in [2.05, 4.69) is 4.98 Å².